The zero-order chi connectivity index (χ0) is 31.5. The Bertz CT molecular complexity index is 2420. The van der Waals surface area contributed by atoms with E-state index in [9.17, 15) is 0 Å². The Morgan fingerprint density at radius 1 is 0.447 bits per heavy atom. The predicted molar refractivity (Wildman–Crippen MR) is 194 cm³/mol. The molecule has 0 atom stereocenters. The summed E-state index contributed by atoms with van der Waals surface area (Å²) in [5, 5.41) is 4.94. The van der Waals surface area contributed by atoms with Crippen molar-refractivity contribution in [3.63, 3.8) is 0 Å². The first-order valence-corrected chi connectivity index (χ1v) is 16.1. The van der Waals surface area contributed by atoms with E-state index in [4.69, 9.17) is 9.97 Å². The van der Waals surface area contributed by atoms with Crippen molar-refractivity contribution in [3.05, 3.63) is 163 Å². The lowest BCUT2D eigenvalue weighted by Gasteiger charge is -2.24. The van der Waals surface area contributed by atoms with Crippen LogP contribution in [0.25, 0.3) is 77.7 Å². The molecule has 2 heterocycles. The van der Waals surface area contributed by atoms with Crippen LogP contribution in [0.3, 0.4) is 0 Å². The van der Waals surface area contributed by atoms with Gasteiger partial charge >= 0.3 is 0 Å². The number of benzene rings is 6. The van der Waals surface area contributed by atoms with Crippen LogP contribution in [0.5, 0.6) is 0 Å². The highest BCUT2D eigenvalue weighted by Crippen LogP contribution is 2.52. The normalized spacial score (nSPS) is 13.1. The van der Waals surface area contributed by atoms with Crippen molar-refractivity contribution < 1.29 is 0 Å². The Balaban J connectivity index is 1.21. The second kappa shape index (κ2) is 10.6. The van der Waals surface area contributed by atoms with Crippen LogP contribution in [0.15, 0.2) is 152 Å². The Kier molecular flexibility index (Phi) is 6.16. The minimum atomic E-state index is -0.119. The molecule has 1 aliphatic carbocycles. The summed E-state index contributed by atoms with van der Waals surface area (Å²) in [6.45, 7) is 4.74. The van der Waals surface area contributed by atoms with E-state index in [-0.39, 0.29) is 5.41 Å². The van der Waals surface area contributed by atoms with E-state index < -0.39 is 0 Å². The van der Waals surface area contributed by atoms with Crippen molar-refractivity contribution in [2.24, 2.45) is 0 Å². The lowest BCUT2D eigenvalue weighted by atomic mass is 9.79. The van der Waals surface area contributed by atoms with E-state index in [1.807, 2.05) is 42.7 Å². The zero-order valence-corrected chi connectivity index (χ0v) is 26.3. The molecule has 3 heteroatoms. The average Bonchev–Trinajstić information content (AvgIpc) is 3.37. The van der Waals surface area contributed by atoms with Gasteiger partial charge in [0.15, 0.2) is 5.82 Å². The predicted octanol–water partition coefficient (Wildman–Crippen LogP) is 11.2. The summed E-state index contributed by atoms with van der Waals surface area (Å²) in [4.78, 5) is 14.5. The van der Waals surface area contributed by atoms with Crippen LogP contribution in [0, 0.1) is 0 Å². The van der Waals surface area contributed by atoms with Gasteiger partial charge in [-0.1, -0.05) is 123 Å². The van der Waals surface area contributed by atoms with Crippen LogP contribution >= 0.6 is 0 Å². The van der Waals surface area contributed by atoms with Crippen molar-refractivity contribution >= 4 is 21.5 Å². The van der Waals surface area contributed by atoms with Crippen molar-refractivity contribution in [1.82, 2.24) is 15.0 Å². The summed E-state index contributed by atoms with van der Waals surface area (Å²) < 4.78 is 0. The van der Waals surface area contributed by atoms with E-state index in [0.29, 0.717) is 5.82 Å². The van der Waals surface area contributed by atoms with Gasteiger partial charge in [0.05, 0.1) is 11.4 Å². The molecule has 0 unspecified atom stereocenters. The summed E-state index contributed by atoms with van der Waals surface area (Å²) in [6.07, 6.45) is 3.62. The molecule has 0 radical (unpaired) electrons. The molecule has 6 aromatic carbocycles. The van der Waals surface area contributed by atoms with Gasteiger partial charge < -0.3 is 0 Å². The van der Waals surface area contributed by atoms with E-state index in [0.717, 1.165) is 33.5 Å². The molecule has 0 saturated heterocycles. The third-order valence-electron chi connectivity index (χ3n) is 9.78. The highest BCUT2D eigenvalue weighted by atomic mass is 14.9. The highest BCUT2D eigenvalue weighted by Gasteiger charge is 2.37. The topological polar surface area (TPSA) is 38.7 Å². The first kappa shape index (κ1) is 27.4. The monoisotopic (exact) mass is 601 g/mol. The minimum absolute atomic E-state index is 0.119. The average molecular weight is 602 g/mol. The van der Waals surface area contributed by atoms with E-state index in [1.165, 1.54) is 49.5 Å². The second-order valence-corrected chi connectivity index (χ2v) is 12.9. The van der Waals surface area contributed by atoms with E-state index >= 15 is 0 Å². The van der Waals surface area contributed by atoms with Gasteiger partial charge in [-0.2, -0.15) is 0 Å². The summed E-state index contributed by atoms with van der Waals surface area (Å²) in [6, 6.07) is 49.8. The number of nitrogens with zero attached hydrogens (tertiary/aromatic N) is 3. The fourth-order valence-electron chi connectivity index (χ4n) is 7.51. The van der Waals surface area contributed by atoms with Crippen LogP contribution < -0.4 is 0 Å². The minimum Gasteiger partial charge on any atom is -0.265 e. The van der Waals surface area contributed by atoms with Gasteiger partial charge in [0.1, 0.15) is 0 Å². The molecule has 0 N–H and O–H groups in total. The number of hydrogen-bond acceptors (Lipinski definition) is 3. The van der Waals surface area contributed by atoms with Crippen LogP contribution in [0.1, 0.15) is 25.0 Å². The van der Waals surface area contributed by atoms with Gasteiger partial charge in [0.25, 0.3) is 0 Å². The third kappa shape index (κ3) is 4.39. The van der Waals surface area contributed by atoms with Gasteiger partial charge in [-0.25, -0.2) is 9.97 Å². The maximum Gasteiger partial charge on any atom is 0.161 e. The van der Waals surface area contributed by atoms with Crippen LogP contribution in [-0.4, -0.2) is 15.0 Å². The largest absolute Gasteiger partial charge is 0.265 e. The lowest BCUT2D eigenvalue weighted by Crippen LogP contribution is -2.15. The molecule has 3 nitrogen and oxygen atoms in total. The van der Waals surface area contributed by atoms with Crippen LogP contribution in [-0.2, 0) is 5.41 Å². The summed E-state index contributed by atoms with van der Waals surface area (Å²) >= 11 is 0. The summed E-state index contributed by atoms with van der Waals surface area (Å²) in [5.74, 6) is 0.707. The molecule has 9 rings (SSSR count). The van der Waals surface area contributed by atoms with Gasteiger partial charge in [0.2, 0.25) is 0 Å². The number of pyridine rings is 1. The summed E-state index contributed by atoms with van der Waals surface area (Å²) in [5.41, 5.74) is 12.6. The van der Waals surface area contributed by atoms with Crippen molar-refractivity contribution in [2.45, 2.75) is 19.3 Å². The van der Waals surface area contributed by atoms with Crippen molar-refractivity contribution in [1.29, 1.82) is 0 Å². The Morgan fingerprint density at radius 3 is 1.81 bits per heavy atom. The number of rotatable bonds is 4. The molecule has 47 heavy (non-hydrogen) atoms. The highest BCUT2D eigenvalue weighted by molar-refractivity contribution is 6.05. The van der Waals surface area contributed by atoms with Crippen LogP contribution in [0.4, 0.5) is 0 Å². The van der Waals surface area contributed by atoms with Crippen molar-refractivity contribution in [2.75, 3.05) is 0 Å². The van der Waals surface area contributed by atoms with Crippen molar-refractivity contribution in [3.8, 4) is 56.2 Å². The Hall–Kier alpha value is -5.93. The van der Waals surface area contributed by atoms with Gasteiger partial charge in [-0.15, -0.1) is 0 Å². The first-order valence-electron chi connectivity index (χ1n) is 16.1. The molecular weight excluding hydrogens is 571 g/mol. The standard InChI is InChI=1S/C44H31N3/c1-44(2)39-26-31(17-18-36(39)37-19-16-28-10-6-7-13-33(28)42(37)44)32-20-21-38(35-15-9-8-14-34(32)35)43-46-40(29-11-4-3-5-12-29)27-41(47-43)30-22-24-45-25-23-30/h3-27H,1-2H3. The van der Waals surface area contributed by atoms with Gasteiger partial charge in [0, 0.05) is 34.5 Å². The zero-order valence-electron chi connectivity index (χ0n) is 26.3. The maximum atomic E-state index is 5.14. The lowest BCUT2D eigenvalue weighted by molar-refractivity contribution is 0.666. The maximum absolute atomic E-state index is 5.14. The number of aromatic nitrogens is 3. The van der Waals surface area contributed by atoms with E-state index in [1.54, 1.807) is 0 Å². The molecule has 0 amide bonds. The molecule has 0 bridgehead atoms. The molecule has 222 valence electrons. The number of hydrogen-bond donors (Lipinski definition) is 0. The second-order valence-electron chi connectivity index (χ2n) is 12.9. The van der Waals surface area contributed by atoms with Gasteiger partial charge in [-0.05, 0) is 85.3 Å². The molecular formula is C44H31N3. The molecule has 0 aliphatic heterocycles. The molecule has 2 aromatic heterocycles. The molecule has 8 aromatic rings. The fraction of sp³-hybridized carbons (Fsp3) is 0.0682. The molecule has 0 fully saturated rings. The summed E-state index contributed by atoms with van der Waals surface area (Å²) in [7, 11) is 0. The fourth-order valence-corrected chi connectivity index (χ4v) is 7.51. The Labute approximate surface area is 274 Å². The Morgan fingerprint density at radius 2 is 1.04 bits per heavy atom. The first-order chi connectivity index (χ1) is 23.1. The third-order valence-corrected chi connectivity index (χ3v) is 9.78. The molecule has 0 saturated carbocycles. The smallest absolute Gasteiger partial charge is 0.161 e. The van der Waals surface area contributed by atoms with Crippen LogP contribution in [0.2, 0.25) is 0 Å². The quantitative estimate of drug-likeness (QED) is 0.201. The molecule has 1 aliphatic rings. The molecule has 0 spiro atoms. The SMILES string of the molecule is CC1(C)c2cc(-c3ccc(-c4nc(-c5ccccc5)cc(-c5ccncc5)n4)c4ccccc34)ccc2-c2ccc3ccccc3c21. The van der Waals surface area contributed by atoms with Gasteiger partial charge in [-0.3, -0.25) is 4.98 Å². The number of fused-ring (bicyclic) bond motifs is 6. The van der Waals surface area contributed by atoms with E-state index in [2.05, 4.69) is 128 Å².